The van der Waals surface area contributed by atoms with Crippen LogP contribution in [0.4, 0.5) is 0 Å². The van der Waals surface area contributed by atoms with Gasteiger partial charge in [-0.1, -0.05) is 23.7 Å². The number of rotatable bonds is 1. The van der Waals surface area contributed by atoms with E-state index in [1.165, 1.54) is 0 Å². The normalized spacial score (nSPS) is 10.4. The monoisotopic (exact) mass is 254 g/mol. The zero-order valence-electron chi connectivity index (χ0n) is 9.21. The van der Waals surface area contributed by atoms with Gasteiger partial charge >= 0.3 is 0 Å². The Morgan fingerprint density at radius 1 is 1.22 bits per heavy atom. The van der Waals surface area contributed by atoms with Gasteiger partial charge < -0.3 is 0 Å². The number of imidazole rings is 1. The fraction of sp³-hybridized carbons (Fsp3) is 0. The van der Waals surface area contributed by atoms with Gasteiger partial charge in [-0.2, -0.15) is 5.26 Å². The van der Waals surface area contributed by atoms with Crippen LogP contribution in [0.1, 0.15) is 5.69 Å². The van der Waals surface area contributed by atoms with Crippen LogP contribution in [-0.4, -0.2) is 14.4 Å². The minimum absolute atomic E-state index is 0.495. The van der Waals surface area contributed by atoms with Gasteiger partial charge in [0.25, 0.3) is 0 Å². The van der Waals surface area contributed by atoms with Crippen LogP contribution >= 0.6 is 11.6 Å². The lowest BCUT2D eigenvalue weighted by Gasteiger charge is -1.97. The van der Waals surface area contributed by atoms with Crippen molar-refractivity contribution < 1.29 is 0 Å². The lowest BCUT2D eigenvalue weighted by molar-refractivity contribution is 1.11. The van der Waals surface area contributed by atoms with Crippen molar-refractivity contribution in [3.63, 3.8) is 0 Å². The Balaban J connectivity index is 2.29. The van der Waals surface area contributed by atoms with Crippen LogP contribution in [-0.2, 0) is 0 Å². The summed E-state index contributed by atoms with van der Waals surface area (Å²) in [6, 6.07) is 9.42. The Bertz CT molecular complexity index is 753. The SMILES string of the molecule is N#Cc1c(-c2ccc(Cl)cc2)nc2cnccn12. The third-order valence-electron chi connectivity index (χ3n) is 2.65. The Morgan fingerprint density at radius 3 is 2.72 bits per heavy atom. The van der Waals surface area contributed by atoms with Crippen molar-refractivity contribution >= 4 is 17.2 Å². The molecular formula is C13H7ClN4. The lowest BCUT2D eigenvalue weighted by atomic mass is 10.1. The highest BCUT2D eigenvalue weighted by molar-refractivity contribution is 6.30. The molecule has 4 nitrogen and oxygen atoms in total. The van der Waals surface area contributed by atoms with E-state index < -0.39 is 0 Å². The van der Waals surface area contributed by atoms with Crippen LogP contribution in [0.15, 0.2) is 42.9 Å². The van der Waals surface area contributed by atoms with Crippen LogP contribution < -0.4 is 0 Å². The van der Waals surface area contributed by atoms with Crippen LogP contribution in [0.3, 0.4) is 0 Å². The van der Waals surface area contributed by atoms with Gasteiger partial charge in [0.15, 0.2) is 11.3 Å². The zero-order chi connectivity index (χ0) is 12.5. The highest BCUT2D eigenvalue weighted by atomic mass is 35.5. The second-order valence-electron chi connectivity index (χ2n) is 3.73. The van der Waals surface area contributed by atoms with Crippen LogP contribution in [0.2, 0.25) is 5.02 Å². The number of nitriles is 1. The standard InChI is InChI=1S/C13H7ClN4/c14-10-3-1-9(2-4-10)13-11(7-15)18-6-5-16-8-12(18)17-13/h1-6,8H. The van der Waals surface area contributed by atoms with Gasteiger partial charge in [-0.05, 0) is 12.1 Å². The first-order valence-electron chi connectivity index (χ1n) is 5.27. The van der Waals surface area contributed by atoms with Gasteiger partial charge in [-0.15, -0.1) is 0 Å². The molecule has 1 aromatic carbocycles. The lowest BCUT2D eigenvalue weighted by Crippen LogP contribution is -1.88. The molecular weight excluding hydrogens is 248 g/mol. The predicted octanol–water partition coefficient (Wildman–Crippen LogP) is 2.92. The van der Waals surface area contributed by atoms with E-state index in [1.807, 2.05) is 12.1 Å². The largest absolute Gasteiger partial charge is 0.288 e. The summed E-state index contributed by atoms with van der Waals surface area (Å²) in [6.45, 7) is 0. The molecule has 0 aliphatic carbocycles. The molecule has 3 aromatic rings. The third kappa shape index (κ3) is 1.62. The van der Waals surface area contributed by atoms with E-state index in [1.54, 1.807) is 35.1 Å². The Morgan fingerprint density at radius 2 is 2.00 bits per heavy atom. The Labute approximate surface area is 108 Å². The molecule has 0 N–H and O–H groups in total. The molecule has 0 bridgehead atoms. The highest BCUT2D eigenvalue weighted by Crippen LogP contribution is 2.24. The molecule has 2 heterocycles. The average molecular weight is 255 g/mol. The second-order valence-corrected chi connectivity index (χ2v) is 4.17. The van der Waals surface area contributed by atoms with Crippen molar-refractivity contribution in [2.24, 2.45) is 0 Å². The molecule has 0 spiro atoms. The van der Waals surface area contributed by atoms with Crippen molar-refractivity contribution in [1.29, 1.82) is 5.26 Å². The van der Waals surface area contributed by atoms with E-state index in [0.29, 0.717) is 22.1 Å². The molecule has 3 rings (SSSR count). The molecule has 0 atom stereocenters. The fourth-order valence-corrected chi connectivity index (χ4v) is 1.95. The van der Waals surface area contributed by atoms with Gasteiger partial charge in [0, 0.05) is 23.0 Å². The van der Waals surface area contributed by atoms with Gasteiger partial charge in [0.05, 0.1) is 6.20 Å². The quantitative estimate of drug-likeness (QED) is 0.671. The minimum Gasteiger partial charge on any atom is -0.288 e. The summed E-state index contributed by atoms with van der Waals surface area (Å²) in [5.74, 6) is 0. The zero-order valence-corrected chi connectivity index (χ0v) is 9.96. The summed E-state index contributed by atoms with van der Waals surface area (Å²) in [6.07, 6.45) is 4.97. The number of fused-ring (bicyclic) bond motifs is 1. The summed E-state index contributed by atoms with van der Waals surface area (Å²) in [4.78, 5) is 8.41. The molecule has 86 valence electrons. The Hall–Kier alpha value is -2.38. The first-order chi connectivity index (χ1) is 8.79. The molecule has 0 saturated heterocycles. The topological polar surface area (TPSA) is 54.0 Å². The first kappa shape index (κ1) is 10.8. The number of hydrogen-bond donors (Lipinski definition) is 0. The molecule has 0 radical (unpaired) electrons. The summed E-state index contributed by atoms with van der Waals surface area (Å²) in [5, 5.41) is 9.92. The number of halogens is 1. The number of hydrogen-bond acceptors (Lipinski definition) is 3. The molecule has 2 aromatic heterocycles. The smallest absolute Gasteiger partial charge is 0.157 e. The third-order valence-corrected chi connectivity index (χ3v) is 2.91. The maximum absolute atomic E-state index is 9.26. The van der Waals surface area contributed by atoms with Crippen LogP contribution in [0.25, 0.3) is 16.9 Å². The summed E-state index contributed by atoms with van der Waals surface area (Å²) in [5.41, 5.74) is 2.65. The van der Waals surface area contributed by atoms with Crippen molar-refractivity contribution in [1.82, 2.24) is 14.4 Å². The average Bonchev–Trinajstić information content (AvgIpc) is 2.78. The highest BCUT2D eigenvalue weighted by Gasteiger charge is 2.13. The van der Waals surface area contributed by atoms with E-state index in [2.05, 4.69) is 16.0 Å². The molecule has 0 aliphatic heterocycles. The second kappa shape index (κ2) is 4.13. The van der Waals surface area contributed by atoms with Gasteiger partial charge in [-0.3, -0.25) is 9.38 Å². The van der Waals surface area contributed by atoms with Crippen molar-refractivity contribution in [2.75, 3.05) is 0 Å². The van der Waals surface area contributed by atoms with Crippen molar-refractivity contribution in [3.8, 4) is 17.3 Å². The predicted molar refractivity (Wildman–Crippen MR) is 68.1 cm³/mol. The van der Waals surface area contributed by atoms with Gasteiger partial charge in [0.1, 0.15) is 11.8 Å². The van der Waals surface area contributed by atoms with Crippen LogP contribution in [0, 0.1) is 11.3 Å². The summed E-state index contributed by atoms with van der Waals surface area (Å²) in [7, 11) is 0. The summed E-state index contributed by atoms with van der Waals surface area (Å²) < 4.78 is 1.72. The molecule has 0 fully saturated rings. The number of nitrogens with zero attached hydrogens (tertiary/aromatic N) is 4. The molecule has 5 heteroatoms. The van der Waals surface area contributed by atoms with Crippen molar-refractivity contribution in [3.05, 3.63) is 53.6 Å². The van der Waals surface area contributed by atoms with E-state index in [9.17, 15) is 5.26 Å². The maximum Gasteiger partial charge on any atom is 0.157 e. The maximum atomic E-state index is 9.26. The molecule has 18 heavy (non-hydrogen) atoms. The number of aromatic nitrogens is 3. The van der Waals surface area contributed by atoms with Gasteiger partial charge in [-0.25, -0.2) is 4.98 Å². The molecule has 0 amide bonds. The van der Waals surface area contributed by atoms with E-state index in [0.717, 1.165) is 5.56 Å². The first-order valence-corrected chi connectivity index (χ1v) is 5.65. The van der Waals surface area contributed by atoms with Crippen molar-refractivity contribution in [2.45, 2.75) is 0 Å². The van der Waals surface area contributed by atoms with E-state index in [-0.39, 0.29) is 0 Å². The fourth-order valence-electron chi connectivity index (χ4n) is 1.82. The van der Waals surface area contributed by atoms with E-state index >= 15 is 0 Å². The number of benzene rings is 1. The molecule has 0 unspecified atom stereocenters. The molecule has 0 saturated carbocycles. The van der Waals surface area contributed by atoms with E-state index in [4.69, 9.17) is 11.6 Å². The summed E-state index contributed by atoms with van der Waals surface area (Å²) >= 11 is 5.85. The van der Waals surface area contributed by atoms with Crippen LogP contribution in [0.5, 0.6) is 0 Å². The molecule has 0 aliphatic rings. The Kier molecular flexibility index (Phi) is 2.47. The van der Waals surface area contributed by atoms with Gasteiger partial charge in [0.2, 0.25) is 0 Å². The minimum atomic E-state index is 0.495.